The zero-order chi connectivity index (χ0) is 14.0. The first kappa shape index (κ1) is 14.3. The maximum Gasteiger partial charge on any atom is 0.192 e. The maximum atomic E-state index is 5.79. The number of nitrogens with two attached hydrogens (primary N) is 1. The number of benzene rings is 1. The van der Waals surface area contributed by atoms with Crippen LogP contribution in [0.15, 0.2) is 18.2 Å². The fraction of sp³-hybridized carbons (Fsp3) is 0.600. The lowest BCUT2D eigenvalue weighted by atomic mass is 9.96. The van der Waals surface area contributed by atoms with Gasteiger partial charge in [0.1, 0.15) is 5.75 Å². The van der Waals surface area contributed by atoms with E-state index in [1.807, 2.05) is 19.1 Å². The molecule has 106 valence electrons. The Morgan fingerprint density at radius 1 is 1.32 bits per heavy atom. The Kier molecular flexibility index (Phi) is 4.13. The monoisotopic (exact) mass is 265 g/mol. The highest BCUT2D eigenvalue weighted by atomic mass is 16.7. The van der Waals surface area contributed by atoms with Crippen LogP contribution >= 0.6 is 0 Å². The highest BCUT2D eigenvalue weighted by Gasteiger charge is 2.34. The van der Waals surface area contributed by atoms with E-state index in [2.05, 4.69) is 19.9 Å². The summed E-state index contributed by atoms with van der Waals surface area (Å²) in [4.78, 5) is 0. The minimum absolute atomic E-state index is 0.0455. The topological polar surface area (TPSA) is 53.7 Å². The van der Waals surface area contributed by atoms with Gasteiger partial charge in [0.2, 0.25) is 0 Å². The van der Waals surface area contributed by atoms with Gasteiger partial charge in [-0.05, 0) is 36.6 Å². The molecule has 0 amide bonds. The number of ether oxygens (including phenoxy) is 3. The van der Waals surface area contributed by atoms with Gasteiger partial charge < -0.3 is 19.9 Å². The van der Waals surface area contributed by atoms with E-state index in [9.17, 15) is 0 Å². The molecular formula is C15H23NO3. The van der Waals surface area contributed by atoms with E-state index in [-0.39, 0.29) is 6.04 Å². The zero-order valence-corrected chi connectivity index (χ0v) is 12.1. The van der Waals surface area contributed by atoms with Crippen molar-refractivity contribution in [3.8, 4) is 5.75 Å². The molecule has 4 nitrogen and oxygen atoms in total. The Morgan fingerprint density at radius 3 is 2.47 bits per heavy atom. The smallest absolute Gasteiger partial charge is 0.192 e. The molecule has 4 heteroatoms. The van der Waals surface area contributed by atoms with Crippen LogP contribution in [0.5, 0.6) is 5.75 Å². The molecule has 1 saturated heterocycles. The van der Waals surface area contributed by atoms with Gasteiger partial charge in [-0.3, -0.25) is 0 Å². The highest BCUT2D eigenvalue weighted by Crippen LogP contribution is 2.35. The molecule has 1 aliphatic rings. The summed E-state index contributed by atoms with van der Waals surface area (Å²) in [6.07, 6.45) is 0. The van der Waals surface area contributed by atoms with Gasteiger partial charge in [0, 0.05) is 5.56 Å². The standard InChI is InChI=1S/C15H23NO3/c1-10(2)13-7-11(5-6-14(13)17-4)15(3)18-8-12(16)9-19-15/h5-7,10,12H,8-9,16H2,1-4H3. The summed E-state index contributed by atoms with van der Waals surface area (Å²) in [6.45, 7) is 7.24. The van der Waals surface area contributed by atoms with E-state index in [4.69, 9.17) is 19.9 Å². The molecule has 1 heterocycles. The first-order chi connectivity index (χ1) is 8.96. The maximum absolute atomic E-state index is 5.79. The number of hydrogen-bond acceptors (Lipinski definition) is 4. The fourth-order valence-electron chi connectivity index (χ4n) is 2.26. The van der Waals surface area contributed by atoms with E-state index in [1.54, 1.807) is 7.11 Å². The van der Waals surface area contributed by atoms with Gasteiger partial charge in [0.05, 0.1) is 26.4 Å². The van der Waals surface area contributed by atoms with Crippen molar-refractivity contribution in [3.63, 3.8) is 0 Å². The van der Waals surface area contributed by atoms with Crippen LogP contribution in [-0.2, 0) is 15.3 Å². The second-order valence-electron chi connectivity index (χ2n) is 5.44. The average Bonchev–Trinajstić information content (AvgIpc) is 2.41. The Labute approximate surface area is 114 Å². The van der Waals surface area contributed by atoms with Gasteiger partial charge in [-0.25, -0.2) is 0 Å². The predicted molar refractivity (Wildman–Crippen MR) is 74.3 cm³/mol. The summed E-state index contributed by atoms with van der Waals surface area (Å²) in [5, 5.41) is 0. The lowest BCUT2D eigenvalue weighted by Crippen LogP contribution is -2.46. The first-order valence-electron chi connectivity index (χ1n) is 6.68. The lowest BCUT2D eigenvalue weighted by Gasteiger charge is -2.37. The van der Waals surface area contributed by atoms with Crippen LogP contribution in [0, 0.1) is 0 Å². The molecule has 19 heavy (non-hydrogen) atoms. The molecule has 1 aliphatic heterocycles. The molecule has 0 radical (unpaired) electrons. The van der Waals surface area contributed by atoms with Gasteiger partial charge >= 0.3 is 0 Å². The van der Waals surface area contributed by atoms with E-state index in [0.29, 0.717) is 19.1 Å². The molecule has 1 fully saturated rings. The SMILES string of the molecule is COc1ccc(C2(C)OCC(N)CO2)cc1C(C)C. The summed E-state index contributed by atoms with van der Waals surface area (Å²) in [7, 11) is 1.69. The second kappa shape index (κ2) is 5.49. The first-order valence-corrected chi connectivity index (χ1v) is 6.68. The Morgan fingerprint density at radius 2 is 1.95 bits per heavy atom. The van der Waals surface area contributed by atoms with Crippen molar-refractivity contribution in [2.24, 2.45) is 5.73 Å². The van der Waals surface area contributed by atoms with E-state index < -0.39 is 5.79 Å². The highest BCUT2D eigenvalue weighted by molar-refractivity contribution is 5.40. The third kappa shape index (κ3) is 2.91. The summed E-state index contributed by atoms with van der Waals surface area (Å²) in [5.74, 6) is 0.561. The molecule has 1 aromatic carbocycles. The molecule has 1 aromatic rings. The third-order valence-electron chi connectivity index (χ3n) is 3.52. The van der Waals surface area contributed by atoms with Gasteiger partial charge in [-0.2, -0.15) is 0 Å². The largest absolute Gasteiger partial charge is 0.496 e. The van der Waals surface area contributed by atoms with E-state index >= 15 is 0 Å². The molecule has 0 aromatic heterocycles. The van der Waals surface area contributed by atoms with E-state index in [1.165, 1.54) is 0 Å². The van der Waals surface area contributed by atoms with Crippen molar-refractivity contribution in [2.75, 3.05) is 20.3 Å². The molecule has 0 atom stereocenters. The Balaban J connectivity index is 2.32. The third-order valence-corrected chi connectivity index (χ3v) is 3.52. The van der Waals surface area contributed by atoms with Crippen LogP contribution in [0.1, 0.15) is 37.8 Å². The van der Waals surface area contributed by atoms with Crippen LogP contribution in [-0.4, -0.2) is 26.4 Å². The molecular weight excluding hydrogens is 242 g/mol. The Hall–Kier alpha value is -1.10. The normalized spacial score (nSPS) is 27.6. The number of methoxy groups -OCH3 is 1. The van der Waals surface area contributed by atoms with Crippen LogP contribution < -0.4 is 10.5 Å². The summed E-state index contributed by atoms with van der Waals surface area (Å²) >= 11 is 0. The van der Waals surface area contributed by atoms with Crippen molar-refractivity contribution in [2.45, 2.75) is 38.5 Å². The molecule has 0 spiro atoms. The van der Waals surface area contributed by atoms with Gasteiger partial charge in [-0.15, -0.1) is 0 Å². The van der Waals surface area contributed by atoms with Crippen molar-refractivity contribution in [3.05, 3.63) is 29.3 Å². The predicted octanol–water partition coefficient (Wildman–Crippen LogP) is 2.37. The summed E-state index contributed by atoms with van der Waals surface area (Å²) < 4.78 is 17.0. The molecule has 0 unspecified atom stereocenters. The molecule has 0 bridgehead atoms. The van der Waals surface area contributed by atoms with Gasteiger partial charge in [0.15, 0.2) is 5.79 Å². The van der Waals surface area contributed by atoms with Crippen molar-refractivity contribution in [1.82, 2.24) is 0 Å². The quantitative estimate of drug-likeness (QED) is 0.911. The van der Waals surface area contributed by atoms with Gasteiger partial charge in [-0.1, -0.05) is 13.8 Å². The number of hydrogen-bond donors (Lipinski definition) is 1. The molecule has 0 aliphatic carbocycles. The zero-order valence-electron chi connectivity index (χ0n) is 12.1. The average molecular weight is 265 g/mol. The molecule has 2 rings (SSSR count). The van der Waals surface area contributed by atoms with Crippen LogP contribution in [0.25, 0.3) is 0 Å². The van der Waals surface area contributed by atoms with Crippen LogP contribution in [0.3, 0.4) is 0 Å². The summed E-state index contributed by atoms with van der Waals surface area (Å²) in [6, 6.07) is 6.01. The van der Waals surface area contributed by atoms with Gasteiger partial charge in [0.25, 0.3) is 0 Å². The fourth-order valence-corrected chi connectivity index (χ4v) is 2.26. The Bertz CT molecular complexity index is 437. The van der Waals surface area contributed by atoms with Crippen molar-refractivity contribution >= 4 is 0 Å². The minimum Gasteiger partial charge on any atom is -0.496 e. The molecule has 2 N–H and O–H groups in total. The lowest BCUT2D eigenvalue weighted by molar-refractivity contribution is -0.270. The summed E-state index contributed by atoms with van der Waals surface area (Å²) in [5.41, 5.74) is 7.95. The van der Waals surface area contributed by atoms with Crippen LogP contribution in [0.4, 0.5) is 0 Å². The van der Waals surface area contributed by atoms with Crippen molar-refractivity contribution < 1.29 is 14.2 Å². The number of rotatable bonds is 3. The van der Waals surface area contributed by atoms with Crippen molar-refractivity contribution in [1.29, 1.82) is 0 Å². The molecule has 0 saturated carbocycles. The van der Waals surface area contributed by atoms with E-state index in [0.717, 1.165) is 16.9 Å². The minimum atomic E-state index is -0.716. The van der Waals surface area contributed by atoms with Crippen LogP contribution in [0.2, 0.25) is 0 Å². The second-order valence-corrected chi connectivity index (χ2v) is 5.44.